The molecule has 2 rings (SSSR count). The molecule has 1 aromatic rings. The van der Waals surface area contributed by atoms with Gasteiger partial charge < -0.3 is 11.1 Å². The lowest BCUT2D eigenvalue weighted by atomic mass is 10.0. The maximum atomic E-state index is 5.77. The fraction of sp³-hybridized carbons (Fsp3) is 0.333. The van der Waals surface area contributed by atoms with E-state index in [-0.39, 0.29) is 0 Å². The molecule has 0 fully saturated rings. The molecule has 0 radical (unpaired) electrons. The van der Waals surface area contributed by atoms with Gasteiger partial charge in [0.05, 0.1) is 11.4 Å². The Hall–Kier alpha value is -1.18. The van der Waals surface area contributed by atoms with E-state index in [4.69, 9.17) is 5.73 Å². The van der Waals surface area contributed by atoms with E-state index in [2.05, 4.69) is 18.3 Å². The Labute approximate surface area is 66.4 Å². The van der Waals surface area contributed by atoms with Crippen molar-refractivity contribution < 1.29 is 0 Å². The topological polar surface area (TPSA) is 38.0 Å². The lowest BCUT2D eigenvalue weighted by Gasteiger charge is -2.03. The highest BCUT2D eigenvalue weighted by Gasteiger charge is 2.18. The van der Waals surface area contributed by atoms with Crippen LogP contribution in [0.3, 0.4) is 0 Å². The SMILES string of the molecule is C[C@@H]1CNc2c(N)cccc21. The lowest BCUT2D eigenvalue weighted by molar-refractivity contribution is 0.854. The van der Waals surface area contributed by atoms with Gasteiger partial charge in [-0.2, -0.15) is 0 Å². The van der Waals surface area contributed by atoms with Gasteiger partial charge in [0.15, 0.2) is 0 Å². The van der Waals surface area contributed by atoms with Gasteiger partial charge in [-0.15, -0.1) is 0 Å². The van der Waals surface area contributed by atoms with Crippen molar-refractivity contribution >= 4 is 11.4 Å². The zero-order valence-corrected chi connectivity index (χ0v) is 6.59. The first-order valence-corrected chi connectivity index (χ1v) is 3.91. The number of hydrogen-bond acceptors (Lipinski definition) is 2. The standard InChI is InChI=1S/C9H12N2/c1-6-5-11-9-7(6)3-2-4-8(9)10/h2-4,6,11H,5,10H2,1H3/t6-/m1/s1. The third-order valence-corrected chi connectivity index (χ3v) is 2.24. The van der Waals surface area contributed by atoms with Crippen LogP contribution >= 0.6 is 0 Å². The number of nitrogens with one attached hydrogen (secondary N) is 1. The Morgan fingerprint density at radius 1 is 1.55 bits per heavy atom. The summed E-state index contributed by atoms with van der Waals surface area (Å²) in [5.74, 6) is 0.605. The molecule has 1 aliphatic rings. The summed E-state index contributed by atoms with van der Waals surface area (Å²) in [5.41, 5.74) is 9.13. The molecule has 1 aromatic carbocycles. The molecule has 0 spiro atoms. The highest BCUT2D eigenvalue weighted by atomic mass is 14.9. The van der Waals surface area contributed by atoms with Crippen LogP contribution in [0, 0.1) is 0 Å². The average Bonchev–Trinajstić information content (AvgIpc) is 2.35. The molecule has 0 bridgehead atoms. The minimum absolute atomic E-state index is 0.605. The fourth-order valence-corrected chi connectivity index (χ4v) is 1.57. The second-order valence-electron chi connectivity index (χ2n) is 3.09. The summed E-state index contributed by atoms with van der Waals surface area (Å²) in [6.07, 6.45) is 0. The quantitative estimate of drug-likeness (QED) is 0.550. The number of nitrogens with two attached hydrogens (primary N) is 1. The Morgan fingerprint density at radius 2 is 2.36 bits per heavy atom. The lowest BCUT2D eigenvalue weighted by Crippen LogP contribution is -1.97. The predicted octanol–water partition coefficient (Wildman–Crippen LogP) is 1.80. The molecule has 3 N–H and O–H groups in total. The van der Waals surface area contributed by atoms with Gasteiger partial charge in [-0.1, -0.05) is 19.1 Å². The smallest absolute Gasteiger partial charge is 0.0610 e. The molecule has 58 valence electrons. The molecule has 0 aromatic heterocycles. The number of anilines is 2. The van der Waals surface area contributed by atoms with E-state index in [1.165, 1.54) is 5.56 Å². The van der Waals surface area contributed by atoms with Crippen LogP contribution in [-0.2, 0) is 0 Å². The zero-order chi connectivity index (χ0) is 7.84. The van der Waals surface area contributed by atoms with Crippen LogP contribution in [0.1, 0.15) is 18.4 Å². The van der Waals surface area contributed by atoms with Crippen molar-refractivity contribution in [3.05, 3.63) is 23.8 Å². The van der Waals surface area contributed by atoms with E-state index in [1.807, 2.05) is 12.1 Å². The van der Waals surface area contributed by atoms with Crippen molar-refractivity contribution in [3.8, 4) is 0 Å². The summed E-state index contributed by atoms with van der Waals surface area (Å²) < 4.78 is 0. The van der Waals surface area contributed by atoms with Crippen molar-refractivity contribution in [2.24, 2.45) is 0 Å². The molecule has 2 heteroatoms. The van der Waals surface area contributed by atoms with Crippen molar-refractivity contribution in [2.45, 2.75) is 12.8 Å². The highest BCUT2D eigenvalue weighted by molar-refractivity contribution is 5.73. The summed E-state index contributed by atoms with van der Waals surface area (Å²) in [6, 6.07) is 6.08. The minimum Gasteiger partial charge on any atom is -0.397 e. The Balaban J connectivity index is 2.57. The van der Waals surface area contributed by atoms with Gasteiger partial charge in [-0.25, -0.2) is 0 Å². The van der Waals surface area contributed by atoms with Crippen LogP contribution in [0.15, 0.2) is 18.2 Å². The molecule has 1 atom stereocenters. The molecule has 1 heterocycles. The summed E-state index contributed by atoms with van der Waals surface area (Å²) >= 11 is 0. The van der Waals surface area contributed by atoms with E-state index >= 15 is 0 Å². The van der Waals surface area contributed by atoms with Crippen LogP contribution < -0.4 is 11.1 Å². The van der Waals surface area contributed by atoms with Crippen molar-refractivity contribution in [2.75, 3.05) is 17.6 Å². The van der Waals surface area contributed by atoms with Gasteiger partial charge >= 0.3 is 0 Å². The highest BCUT2D eigenvalue weighted by Crippen LogP contribution is 2.34. The first-order valence-electron chi connectivity index (χ1n) is 3.91. The summed E-state index contributed by atoms with van der Waals surface area (Å²) in [7, 11) is 0. The van der Waals surface area contributed by atoms with E-state index in [1.54, 1.807) is 0 Å². The summed E-state index contributed by atoms with van der Waals surface area (Å²) in [6.45, 7) is 3.22. The van der Waals surface area contributed by atoms with Gasteiger partial charge in [0, 0.05) is 12.5 Å². The van der Waals surface area contributed by atoms with Crippen molar-refractivity contribution in [1.29, 1.82) is 0 Å². The second kappa shape index (κ2) is 2.16. The maximum Gasteiger partial charge on any atom is 0.0610 e. The molecule has 11 heavy (non-hydrogen) atoms. The number of nitrogen functional groups attached to an aromatic ring is 1. The predicted molar refractivity (Wildman–Crippen MR) is 47.8 cm³/mol. The van der Waals surface area contributed by atoms with Crippen LogP contribution in [-0.4, -0.2) is 6.54 Å². The molecule has 1 aliphatic heterocycles. The molecular weight excluding hydrogens is 136 g/mol. The molecule has 0 saturated heterocycles. The zero-order valence-electron chi connectivity index (χ0n) is 6.59. The second-order valence-corrected chi connectivity index (χ2v) is 3.09. The summed E-state index contributed by atoms with van der Waals surface area (Å²) in [4.78, 5) is 0. The van der Waals surface area contributed by atoms with Gasteiger partial charge in [0.2, 0.25) is 0 Å². The van der Waals surface area contributed by atoms with E-state index < -0.39 is 0 Å². The van der Waals surface area contributed by atoms with Gasteiger partial charge in [0.25, 0.3) is 0 Å². The third kappa shape index (κ3) is 0.862. The van der Waals surface area contributed by atoms with Gasteiger partial charge in [0.1, 0.15) is 0 Å². The monoisotopic (exact) mass is 148 g/mol. The minimum atomic E-state index is 0.605. The van der Waals surface area contributed by atoms with Crippen LogP contribution in [0.4, 0.5) is 11.4 Å². The van der Waals surface area contributed by atoms with Gasteiger partial charge in [-0.3, -0.25) is 0 Å². The van der Waals surface area contributed by atoms with Crippen LogP contribution in [0.25, 0.3) is 0 Å². The Kier molecular flexibility index (Phi) is 1.28. The number of para-hydroxylation sites is 1. The van der Waals surface area contributed by atoms with Crippen LogP contribution in [0.5, 0.6) is 0 Å². The van der Waals surface area contributed by atoms with E-state index in [0.717, 1.165) is 17.9 Å². The molecule has 0 aliphatic carbocycles. The number of hydrogen-bond donors (Lipinski definition) is 2. The largest absolute Gasteiger partial charge is 0.397 e. The first kappa shape index (κ1) is 6.53. The van der Waals surface area contributed by atoms with Crippen molar-refractivity contribution in [1.82, 2.24) is 0 Å². The molecular formula is C9H12N2. The molecule has 0 unspecified atom stereocenters. The first-order chi connectivity index (χ1) is 5.29. The number of benzene rings is 1. The molecule has 0 saturated carbocycles. The number of rotatable bonds is 0. The van der Waals surface area contributed by atoms with Crippen molar-refractivity contribution in [3.63, 3.8) is 0 Å². The normalized spacial score (nSPS) is 21.0. The van der Waals surface area contributed by atoms with Gasteiger partial charge in [-0.05, 0) is 11.6 Å². The third-order valence-electron chi connectivity index (χ3n) is 2.24. The maximum absolute atomic E-state index is 5.77. The summed E-state index contributed by atoms with van der Waals surface area (Å²) in [5, 5.41) is 3.29. The number of fused-ring (bicyclic) bond motifs is 1. The molecule has 2 nitrogen and oxygen atoms in total. The van der Waals surface area contributed by atoms with E-state index in [9.17, 15) is 0 Å². The van der Waals surface area contributed by atoms with Crippen LogP contribution in [0.2, 0.25) is 0 Å². The Morgan fingerprint density at radius 3 is 3.09 bits per heavy atom. The fourth-order valence-electron chi connectivity index (χ4n) is 1.57. The molecule has 0 amide bonds. The Bertz CT molecular complexity index is 281. The van der Waals surface area contributed by atoms with E-state index in [0.29, 0.717) is 5.92 Å². The average molecular weight is 148 g/mol.